The third-order valence-electron chi connectivity index (χ3n) is 4.94. The van der Waals surface area contributed by atoms with Gasteiger partial charge in [-0.25, -0.2) is 0 Å². The van der Waals surface area contributed by atoms with Crippen LogP contribution < -0.4 is 5.73 Å². The molecule has 2 N–H and O–H groups in total. The highest BCUT2D eigenvalue weighted by atomic mass is 16.2. The molecule has 1 aromatic heterocycles. The van der Waals surface area contributed by atoms with Gasteiger partial charge < -0.3 is 15.2 Å². The summed E-state index contributed by atoms with van der Waals surface area (Å²) in [7, 11) is 0. The van der Waals surface area contributed by atoms with Crippen LogP contribution in [0, 0.1) is 0 Å². The summed E-state index contributed by atoms with van der Waals surface area (Å²) in [5, 5.41) is 0. The van der Waals surface area contributed by atoms with Crippen LogP contribution in [0.2, 0.25) is 0 Å². The van der Waals surface area contributed by atoms with E-state index in [0.29, 0.717) is 18.1 Å². The average Bonchev–Trinajstić information content (AvgIpc) is 3.05. The number of amides is 1. The normalized spacial score (nSPS) is 33.7. The number of carbonyl (C=O) groups excluding carboxylic acids is 1. The minimum absolute atomic E-state index is 0.233. The molecule has 2 saturated heterocycles. The number of hydrogen-bond donors (Lipinski definition) is 1. The smallest absolute Gasteiger partial charge is 0.270 e. The molecule has 19 heavy (non-hydrogen) atoms. The average molecular weight is 259 g/mol. The Morgan fingerprint density at radius 2 is 1.74 bits per heavy atom. The second kappa shape index (κ2) is 4.10. The monoisotopic (exact) mass is 259 g/mol. The molecule has 2 unspecified atom stereocenters. The molecule has 1 aliphatic carbocycles. The van der Waals surface area contributed by atoms with Crippen LogP contribution in [0.4, 0.5) is 0 Å². The van der Waals surface area contributed by atoms with Crippen molar-refractivity contribution in [2.75, 3.05) is 0 Å². The number of carbonyl (C=O) groups is 1. The number of nitrogens with zero attached hydrogens (tertiary/aromatic N) is 2. The molecule has 0 radical (unpaired) electrons. The Morgan fingerprint density at radius 3 is 2.37 bits per heavy atom. The number of nitrogens with two attached hydrogens (primary N) is 1. The quantitative estimate of drug-likeness (QED) is 0.882. The largest absolute Gasteiger partial charge is 0.340 e. The number of rotatable bonds is 2. The lowest BCUT2D eigenvalue weighted by atomic mass is 9.98. The Bertz CT molecular complexity index is 491. The number of fused-ring (bicyclic) bond motifs is 2. The molecule has 1 saturated carbocycles. The van der Waals surface area contributed by atoms with E-state index in [0.717, 1.165) is 31.4 Å². The summed E-state index contributed by atoms with van der Waals surface area (Å²) >= 11 is 0. The molecule has 2 bridgehead atoms. The molecule has 4 heteroatoms. The van der Waals surface area contributed by atoms with Gasteiger partial charge in [-0.15, -0.1) is 0 Å². The van der Waals surface area contributed by atoms with Crippen molar-refractivity contribution in [1.82, 2.24) is 9.47 Å². The van der Waals surface area contributed by atoms with Gasteiger partial charge in [-0.1, -0.05) is 0 Å². The molecular weight excluding hydrogens is 238 g/mol. The first-order valence-corrected chi connectivity index (χ1v) is 7.49. The molecule has 0 spiro atoms. The minimum atomic E-state index is 0.233. The van der Waals surface area contributed by atoms with E-state index in [1.807, 2.05) is 12.1 Å². The minimum Gasteiger partial charge on any atom is -0.340 e. The lowest BCUT2D eigenvalue weighted by molar-refractivity contribution is 0.0563. The summed E-state index contributed by atoms with van der Waals surface area (Å²) in [4.78, 5) is 15.0. The molecular formula is C15H21N3O. The lowest BCUT2D eigenvalue weighted by Crippen LogP contribution is -2.50. The van der Waals surface area contributed by atoms with Crippen molar-refractivity contribution < 1.29 is 4.79 Å². The molecule has 102 valence electrons. The standard InChI is InChI=1S/C15H21N3O/c16-10-8-12-5-6-13(9-10)18(12)15(19)14-2-1-7-17(14)11-3-4-11/h1-2,7,10-13H,3-6,8-9,16H2. The van der Waals surface area contributed by atoms with Crippen molar-refractivity contribution in [2.45, 2.75) is 62.7 Å². The van der Waals surface area contributed by atoms with Crippen molar-refractivity contribution >= 4 is 5.91 Å². The maximum absolute atomic E-state index is 12.8. The van der Waals surface area contributed by atoms with Gasteiger partial charge in [0.25, 0.3) is 5.91 Å². The van der Waals surface area contributed by atoms with Crippen LogP contribution in [0.5, 0.6) is 0 Å². The maximum Gasteiger partial charge on any atom is 0.270 e. The van der Waals surface area contributed by atoms with Crippen LogP contribution >= 0.6 is 0 Å². The van der Waals surface area contributed by atoms with Crippen LogP contribution in [0.25, 0.3) is 0 Å². The zero-order valence-corrected chi connectivity index (χ0v) is 11.2. The molecule has 3 fully saturated rings. The van der Waals surface area contributed by atoms with Crippen LogP contribution in [-0.4, -0.2) is 33.5 Å². The van der Waals surface area contributed by atoms with E-state index in [2.05, 4.69) is 15.7 Å². The van der Waals surface area contributed by atoms with Crippen molar-refractivity contribution in [1.29, 1.82) is 0 Å². The van der Waals surface area contributed by atoms with Gasteiger partial charge in [0.1, 0.15) is 5.69 Å². The molecule has 0 aromatic carbocycles. The molecule has 3 heterocycles. The van der Waals surface area contributed by atoms with E-state index in [-0.39, 0.29) is 11.9 Å². The fourth-order valence-corrected chi connectivity index (χ4v) is 3.93. The van der Waals surface area contributed by atoms with E-state index in [1.165, 1.54) is 12.8 Å². The molecule has 3 aliphatic rings. The predicted molar refractivity (Wildman–Crippen MR) is 72.9 cm³/mol. The maximum atomic E-state index is 12.8. The molecule has 2 atom stereocenters. The highest BCUT2D eigenvalue weighted by Crippen LogP contribution is 2.39. The van der Waals surface area contributed by atoms with Gasteiger partial charge in [-0.3, -0.25) is 4.79 Å². The van der Waals surface area contributed by atoms with Gasteiger partial charge in [-0.05, 0) is 50.7 Å². The van der Waals surface area contributed by atoms with Gasteiger partial charge in [0, 0.05) is 30.4 Å². The van der Waals surface area contributed by atoms with Gasteiger partial charge in [-0.2, -0.15) is 0 Å². The molecule has 4 nitrogen and oxygen atoms in total. The van der Waals surface area contributed by atoms with Crippen molar-refractivity contribution in [3.05, 3.63) is 24.0 Å². The summed E-state index contributed by atoms with van der Waals surface area (Å²) in [6.07, 6.45) is 8.71. The van der Waals surface area contributed by atoms with E-state index >= 15 is 0 Å². The van der Waals surface area contributed by atoms with Crippen molar-refractivity contribution in [3.63, 3.8) is 0 Å². The first-order valence-electron chi connectivity index (χ1n) is 7.49. The fraction of sp³-hybridized carbons (Fsp3) is 0.667. The van der Waals surface area contributed by atoms with E-state index in [4.69, 9.17) is 5.73 Å². The SMILES string of the molecule is NC1CC2CCC(C1)N2C(=O)c1cccn1C1CC1. The molecule has 1 amide bonds. The summed E-state index contributed by atoms with van der Waals surface area (Å²) < 4.78 is 2.18. The van der Waals surface area contributed by atoms with Gasteiger partial charge in [0.05, 0.1) is 0 Å². The van der Waals surface area contributed by atoms with Crippen LogP contribution in [0.15, 0.2) is 18.3 Å². The third-order valence-corrected chi connectivity index (χ3v) is 4.94. The Kier molecular flexibility index (Phi) is 2.49. The number of piperidine rings is 1. The second-order valence-corrected chi connectivity index (χ2v) is 6.36. The number of aromatic nitrogens is 1. The van der Waals surface area contributed by atoms with Crippen LogP contribution in [0.3, 0.4) is 0 Å². The Hall–Kier alpha value is -1.29. The Morgan fingerprint density at radius 1 is 1.11 bits per heavy atom. The Balaban J connectivity index is 1.62. The zero-order valence-electron chi connectivity index (χ0n) is 11.2. The van der Waals surface area contributed by atoms with Crippen molar-refractivity contribution in [2.24, 2.45) is 5.73 Å². The van der Waals surface area contributed by atoms with E-state index in [1.54, 1.807) is 0 Å². The van der Waals surface area contributed by atoms with Crippen molar-refractivity contribution in [3.8, 4) is 0 Å². The van der Waals surface area contributed by atoms with Gasteiger partial charge in [0.15, 0.2) is 0 Å². The van der Waals surface area contributed by atoms with Crippen LogP contribution in [-0.2, 0) is 0 Å². The summed E-state index contributed by atoms with van der Waals surface area (Å²) in [6, 6.07) is 5.60. The second-order valence-electron chi connectivity index (χ2n) is 6.36. The highest BCUT2D eigenvalue weighted by molar-refractivity contribution is 5.93. The third kappa shape index (κ3) is 1.81. The lowest BCUT2D eigenvalue weighted by Gasteiger charge is -2.37. The zero-order chi connectivity index (χ0) is 13.0. The van der Waals surface area contributed by atoms with Crippen LogP contribution in [0.1, 0.15) is 55.1 Å². The number of hydrogen-bond acceptors (Lipinski definition) is 2. The van der Waals surface area contributed by atoms with Gasteiger partial charge in [0.2, 0.25) is 0 Å². The predicted octanol–water partition coefficient (Wildman–Crippen LogP) is 1.92. The van der Waals surface area contributed by atoms with E-state index < -0.39 is 0 Å². The van der Waals surface area contributed by atoms with Gasteiger partial charge >= 0.3 is 0 Å². The molecule has 1 aromatic rings. The summed E-state index contributed by atoms with van der Waals surface area (Å²) in [6.45, 7) is 0. The highest BCUT2D eigenvalue weighted by Gasteiger charge is 2.43. The molecule has 4 rings (SSSR count). The fourth-order valence-electron chi connectivity index (χ4n) is 3.93. The van der Waals surface area contributed by atoms with E-state index in [9.17, 15) is 4.79 Å². The summed E-state index contributed by atoms with van der Waals surface area (Å²) in [5.41, 5.74) is 6.97. The topological polar surface area (TPSA) is 51.3 Å². The Labute approximate surface area is 113 Å². The summed E-state index contributed by atoms with van der Waals surface area (Å²) in [5.74, 6) is 0.233. The first kappa shape index (κ1) is 11.5. The molecule has 2 aliphatic heterocycles. The first-order chi connectivity index (χ1) is 9.24.